The summed E-state index contributed by atoms with van der Waals surface area (Å²) in [5.74, 6) is -0.766. The Morgan fingerprint density at radius 2 is 1.51 bits per heavy atom. The average Bonchev–Trinajstić information content (AvgIpc) is 3.49. The van der Waals surface area contributed by atoms with Crippen LogP contribution in [0.15, 0.2) is 109 Å². The zero-order chi connectivity index (χ0) is 25.5. The van der Waals surface area contributed by atoms with Crippen LogP contribution in [-0.4, -0.2) is 34.9 Å². The van der Waals surface area contributed by atoms with Crippen LogP contribution in [0.3, 0.4) is 0 Å². The molecule has 0 aliphatic rings. The topological polar surface area (TPSA) is 59.5 Å². The van der Waals surface area contributed by atoms with Crippen LogP contribution in [0.5, 0.6) is 0 Å². The van der Waals surface area contributed by atoms with Crippen LogP contribution >= 0.6 is 11.3 Å². The van der Waals surface area contributed by atoms with E-state index in [1.165, 1.54) is 0 Å². The minimum atomic E-state index is -0.535. The molecular weight excluding hydrogens is 480 g/mol. The summed E-state index contributed by atoms with van der Waals surface area (Å²) in [6.45, 7) is 0.645. The van der Waals surface area contributed by atoms with Gasteiger partial charge in [0.15, 0.2) is 6.61 Å². The van der Waals surface area contributed by atoms with Gasteiger partial charge in [0.1, 0.15) is 0 Å². The monoisotopic (exact) mass is 506 g/mol. The molecule has 0 unspecified atom stereocenters. The van der Waals surface area contributed by atoms with E-state index >= 15 is 0 Å². The molecule has 0 aliphatic heterocycles. The minimum Gasteiger partial charge on any atom is -0.452 e. The van der Waals surface area contributed by atoms with Crippen molar-refractivity contribution in [2.75, 3.05) is 13.2 Å². The molecule has 0 aliphatic carbocycles. The number of ether oxygens (including phenoxy) is 1. The molecule has 2 heterocycles. The first kappa shape index (κ1) is 24.4. The molecule has 1 amide bonds. The maximum Gasteiger partial charge on any atom is 0.339 e. The van der Waals surface area contributed by atoms with E-state index in [1.807, 2.05) is 102 Å². The van der Waals surface area contributed by atoms with Crippen LogP contribution in [0.4, 0.5) is 0 Å². The number of amides is 1. The molecule has 5 rings (SSSR count). The first-order valence-electron chi connectivity index (χ1n) is 12.1. The van der Waals surface area contributed by atoms with E-state index in [4.69, 9.17) is 9.72 Å². The minimum absolute atomic E-state index is 0.232. The van der Waals surface area contributed by atoms with E-state index in [9.17, 15) is 9.59 Å². The summed E-state index contributed by atoms with van der Waals surface area (Å²) in [6, 6.07) is 33.0. The van der Waals surface area contributed by atoms with Gasteiger partial charge in [-0.1, -0.05) is 84.9 Å². The maximum atomic E-state index is 13.3. The number of para-hydroxylation sites is 1. The fourth-order valence-corrected chi connectivity index (χ4v) is 4.88. The highest BCUT2D eigenvalue weighted by molar-refractivity contribution is 7.13. The highest BCUT2D eigenvalue weighted by Crippen LogP contribution is 2.28. The third-order valence-electron chi connectivity index (χ3n) is 6.12. The second kappa shape index (κ2) is 11.6. The average molecular weight is 507 g/mol. The van der Waals surface area contributed by atoms with Crippen LogP contribution < -0.4 is 0 Å². The van der Waals surface area contributed by atoms with Gasteiger partial charge in [-0.3, -0.25) is 4.79 Å². The van der Waals surface area contributed by atoms with Gasteiger partial charge < -0.3 is 9.64 Å². The van der Waals surface area contributed by atoms with Gasteiger partial charge in [-0.25, -0.2) is 9.78 Å². The Kier molecular flexibility index (Phi) is 7.67. The second-order valence-electron chi connectivity index (χ2n) is 8.66. The molecule has 5 aromatic rings. The summed E-state index contributed by atoms with van der Waals surface area (Å²) >= 11 is 1.56. The van der Waals surface area contributed by atoms with Gasteiger partial charge in [0.25, 0.3) is 5.91 Å². The third kappa shape index (κ3) is 6.11. The van der Waals surface area contributed by atoms with E-state index in [0.717, 1.165) is 16.0 Å². The molecule has 0 saturated carbocycles. The number of fused-ring (bicyclic) bond motifs is 1. The van der Waals surface area contributed by atoms with Crippen LogP contribution in [0.2, 0.25) is 0 Å². The number of hydrogen-bond donors (Lipinski definition) is 0. The summed E-state index contributed by atoms with van der Waals surface area (Å²) in [5.41, 5.74) is 3.99. The lowest BCUT2D eigenvalue weighted by molar-refractivity contribution is -0.135. The zero-order valence-corrected chi connectivity index (χ0v) is 21.1. The molecule has 0 atom stereocenters. The number of thiophene rings is 1. The van der Waals surface area contributed by atoms with Crippen LogP contribution in [0, 0.1) is 0 Å². The van der Waals surface area contributed by atoms with Crippen molar-refractivity contribution in [1.29, 1.82) is 0 Å². The summed E-state index contributed by atoms with van der Waals surface area (Å²) in [5, 5.41) is 2.67. The second-order valence-corrected chi connectivity index (χ2v) is 9.61. The molecule has 0 N–H and O–H groups in total. The van der Waals surface area contributed by atoms with E-state index in [-0.39, 0.29) is 12.5 Å². The number of carbonyl (C=O) groups is 2. The first-order valence-corrected chi connectivity index (χ1v) is 13.0. The molecule has 5 nitrogen and oxygen atoms in total. The SMILES string of the molecule is O=C(OCC(=O)N(CCc1ccccc1)Cc1ccccc1)c1cc(-c2cccs2)nc2ccccc12. The van der Waals surface area contributed by atoms with Crippen molar-refractivity contribution in [3.63, 3.8) is 0 Å². The lowest BCUT2D eigenvalue weighted by Crippen LogP contribution is -2.36. The van der Waals surface area contributed by atoms with E-state index < -0.39 is 5.97 Å². The Morgan fingerprint density at radius 3 is 2.24 bits per heavy atom. The molecule has 3 aromatic carbocycles. The zero-order valence-electron chi connectivity index (χ0n) is 20.2. The van der Waals surface area contributed by atoms with Gasteiger partial charge in [0.2, 0.25) is 0 Å². The van der Waals surface area contributed by atoms with Crippen LogP contribution in [0.1, 0.15) is 21.5 Å². The normalized spacial score (nSPS) is 10.8. The summed E-state index contributed by atoms with van der Waals surface area (Å²) < 4.78 is 5.59. The van der Waals surface area contributed by atoms with E-state index in [0.29, 0.717) is 41.7 Å². The van der Waals surface area contributed by atoms with Gasteiger partial charge >= 0.3 is 5.97 Å². The first-order chi connectivity index (χ1) is 18.2. The maximum absolute atomic E-state index is 13.3. The number of nitrogens with zero attached hydrogens (tertiary/aromatic N) is 2. The van der Waals surface area contributed by atoms with Crippen LogP contribution in [0.25, 0.3) is 21.5 Å². The van der Waals surface area contributed by atoms with Crippen molar-refractivity contribution in [3.05, 3.63) is 125 Å². The predicted molar refractivity (Wildman–Crippen MR) is 147 cm³/mol. The van der Waals surface area contributed by atoms with Gasteiger partial charge in [0, 0.05) is 18.5 Å². The molecule has 37 heavy (non-hydrogen) atoms. The number of hydrogen-bond acceptors (Lipinski definition) is 5. The Morgan fingerprint density at radius 1 is 0.811 bits per heavy atom. The molecule has 184 valence electrons. The molecule has 2 aromatic heterocycles. The largest absolute Gasteiger partial charge is 0.452 e. The van der Waals surface area contributed by atoms with Crippen molar-refractivity contribution in [2.45, 2.75) is 13.0 Å². The Labute approximate surface area is 220 Å². The third-order valence-corrected chi connectivity index (χ3v) is 7.01. The molecule has 0 radical (unpaired) electrons. The molecule has 6 heteroatoms. The van der Waals surface area contributed by atoms with Gasteiger partial charge in [-0.05, 0) is 41.1 Å². The van der Waals surface area contributed by atoms with E-state index in [2.05, 4.69) is 0 Å². The summed E-state index contributed by atoms with van der Waals surface area (Å²) in [4.78, 5) is 33.9. The van der Waals surface area contributed by atoms with Crippen molar-refractivity contribution >= 4 is 34.1 Å². The number of carbonyl (C=O) groups excluding carboxylic acids is 2. The predicted octanol–water partition coefficient (Wildman–Crippen LogP) is 6.39. The van der Waals surface area contributed by atoms with Crippen molar-refractivity contribution in [3.8, 4) is 10.6 Å². The summed E-state index contributed by atoms with van der Waals surface area (Å²) in [6.07, 6.45) is 0.715. The quantitative estimate of drug-likeness (QED) is 0.217. The molecule has 0 bridgehead atoms. The summed E-state index contributed by atoms with van der Waals surface area (Å²) in [7, 11) is 0. The van der Waals surface area contributed by atoms with Gasteiger partial charge in [0.05, 0.1) is 21.7 Å². The highest BCUT2D eigenvalue weighted by atomic mass is 32.1. The van der Waals surface area contributed by atoms with Crippen molar-refractivity contribution in [1.82, 2.24) is 9.88 Å². The lowest BCUT2D eigenvalue weighted by atomic mass is 10.1. The Hall–Kier alpha value is -4.29. The number of aromatic nitrogens is 1. The van der Waals surface area contributed by atoms with Gasteiger partial charge in [-0.15, -0.1) is 11.3 Å². The van der Waals surface area contributed by atoms with E-state index in [1.54, 1.807) is 22.3 Å². The molecule has 0 saturated heterocycles. The van der Waals surface area contributed by atoms with Gasteiger partial charge in [-0.2, -0.15) is 0 Å². The number of pyridine rings is 1. The number of rotatable bonds is 9. The lowest BCUT2D eigenvalue weighted by Gasteiger charge is -2.23. The Bertz CT molecular complexity index is 1490. The number of benzene rings is 3. The smallest absolute Gasteiger partial charge is 0.339 e. The van der Waals surface area contributed by atoms with Crippen molar-refractivity contribution < 1.29 is 14.3 Å². The molecule has 0 fully saturated rings. The molecular formula is C31H26N2O3S. The Balaban J connectivity index is 1.33. The highest BCUT2D eigenvalue weighted by Gasteiger charge is 2.20. The van der Waals surface area contributed by atoms with Crippen LogP contribution in [-0.2, 0) is 22.5 Å². The fourth-order valence-electron chi connectivity index (χ4n) is 4.20. The fraction of sp³-hybridized carbons (Fsp3) is 0.129. The standard InChI is InChI=1S/C31H26N2O3S/c34-30(33(21-24-12-5-2-6-13-24)18-17-23-10-3-1-4-11-23)22-36-31(35)26-20-28(29-16-9-19-37-29)32-27-15-8-7-14-25(26)27/h1-16,19-20H,17-18,21-22H2. The molecule has 0 spiro atoms. The number of esters is 1. The van der Waals surface area contributed by atoms with Crippen molar-refractivity contribution in [2.24, 2.45) is 0 Å².